The third kappa shape index (κ3) is 5.87. The number of carbonyl (C=O) groups excluding carboxylic acids is 2. The average Bonchev–Trinajstić information content (AvgIpc) is 2.97. The Balaban J connectivity index is 1.75. The van der Waals surface area contributed by atoms with Gasteiger partial charge in [0.05, 0.1) is 42.4 Å². The topological polar surface area (TPSA) is 118 Å². The molecule has 1 atom stereocenters. The number of rotatable bonds is 8. The predicted octanol–water partition coefficient (Wildman–Crippen LogP) is 4.10. The lowest BCUT2D eigenvalue weighted by atomic mass is 9.81. The normalized spacial score (nSPS) is 18.0. The van der Waals surface area contributed by atoms with Gasteiger partial charge < -0.3 is 19.9 Å². The summed E-state index contributed by atoms with van der Waals surface area (Å²) in [6.45, 7) is 3.39. The Kier molecular flexibility index (Phi) is 9.12. The van der Waals surface area contributed by atoms with Gasteiger partial charge in [-0.15, -0.1) is 0 Å². The maximum absolute atomic E-state index is 13.2. The summed E-state index contributed by atoms with van der Waals surface area (Å²) in [7, 11) is 2.41. The molecule has 1 unspecified atom stereocenters. The van der Waals surface area contributed by atoms with Gasteiger partial charge in [0.15, 0.2) is 0 Å². The van der Waals surface area contributed by atoms with Gasteiger partial charge in [0.2, 0.25) is 0 Å². The molecule has 1 saturated heterocycles. The molecule has 0 spiro atoms. The molecule has 204 valence electrons. The molecular formula is C29H31ClN4O5. The first-order chi connectivity index (χ1) is 18.9. The number of anilines is 1. The summed E-state index contributed by atoms with van der Waals surface area (Å²) in [4.78, 5) is 30.0. The van der Waals surface area contributed by atoms with E-state index in [1.807, 2.05) is 0 Å². The minimum absolute atomic E-state index is 0.0331. The zero-order chi connectivity index (χ0) is 27.9. The Morgan fingerprint density at radius 3 is 2.36 bits per heavy atom. The summed E-state index contributed by atoms with van der Waals surface area (Å²) in [6, 6.07) is 15.9. The highest BCUT2D eigenvalue weighted by atomic mass is 35.5. The second-order valence-electron chi connectivity index (χ2n) is 9.20. The minimum Gasteiger partial charge on any atom is -0.491 e. The smallest absolute Gasteiger partial charge is 0.355 e. The van der Waals surface area contributed by atoms with Crippen molar-refractivity contribution in [3.8, 4) is 11.8 Å². The van der Waals surface area contributed by atoms with Gasteiger partial charge in [0.1, 0.15) is 23.9 Å². The van der Waals surface area contributed by atoms with Gasteiger partial charge in [-0.3, -0.25) is 9.80 Å². The van der Waals surface area contributed by atoms with Gasteiger partial charge in [-0.2, -0.15) is 5.26 Å². The van der Waals surface area contributed by atoms with Crippen LogP contribution in [0.4, 0.5) is 5.69 Å². The van der Waals surface area contributed by atoms with E-state index in [4.69, 9.17) is 31.5 Å². The number of nitrogens with two attached hydrogens (primary N) is 1. The lowest BCUT2D eigenvalue weighted by molar-refractivity contribution is -0.139. The summed E-state index contributed by atoms with van der Waals surface area (Å²) in [5.41, 5.74) is 7.32. The average molecular weight is 551 g/mol. The Morgan fingerprint density at radius 2 is 1.74 bits per heavy atom. The number of hydrogen-bond donors (Lipinski definition) is 1. The summed E-state index contributed by atoms with van der Waals surface area (Å²) >= 11 is 6.59. The molecule has 2 heterocycles. The van der Waals surface area contributed by atoms with Gasteiger partial charge in [0, 0.05) is 12.2 Å². The maximum atomic E-state index is 13.2. The number of halogens is 1. The van der Waals surface area contributed by atoms with E-state index < -0.39 is 17.9 Å². The van der Waals surface area contributed by atoms with Crippen LogP contribution in [0.2, 0.25) is 5.02 Å². The number of piperidine rings is 1. The van der Waals surface area contributed by atoms with E-state index in [0.29, 0.717) is 23.6 Å². The van der Waals surface area contributed by atoms with Gasteiger partial charge in [0.25, 0.3) is 0 Å². The molecule has 0 aromatic heterocycles. The highest BCUT2D eigenvalue weighted by Crippen LogP contribution is 2.44. The van der Waals surface area contributed by atoms with Gasteiger partial charge in [-0.1, -0.05) is 48.4 Å². The standard InChI is InChI=1S/C29H31ClN4O5/c1-37-28(35)25-24(19-9-5-3-6-10-19)21(18-31)27(32)34(26(25)29(36)38-2)20-11-12-23(22(30)17-20)39-16-15-33-13-7-4-8-14-33/h3,5-6,9-12,17,24H,4,7-8,13-16,32H2,1-2H3. The molecule has 2 aromatic carbocycles. The molecule has 10 heteroatoms. The number of nitriles is 1. The third-order valence-electron chi connectivity index (χ3n) is 6.90. The van der Waals surface area contributed by atoms with Crippen molar-refractivity contribution in [1.29, 1.82) is 5.26 Å². The number of nitrogens with zero attached hydrogens (tertiary/aromatic N) is 3. The Bertz CT molecular complexity index is 1330. The number of methoxy groups -OCH3 is 2. The second-order valence-corrected chi connectivity index (χ2v) is 9.61. The number of benzene rings is 2. The van der Waals surface area contributed by atoms with Crippen LogP contribution >= 0.6 is 11.6 Å². The molecule has 1 fully saturated rings. The summed E-state index contributed by atoms with van der Waals surface area (Å²) < 4.78 is 16.1. The lowest BCUT2D eigenvalue weighted by Crippen LogP contribution is -2.40. The van der Waals surface area contributed by atoms with Crippen molar-refractivity contribution >= 4 is 29.2 Å². The summed E-state index contributed by atoms with van der Waals surface area (Å²) in [6.07, 6.45) is 3.65. The zero-order valence-corrected chi connectivity index (χ0v) is 22.7. The van der Waals surface area contributed by atoms with Crippen molar-refractivity contribution in [2.24, 2.45) is 5.73 Å². The maximum Gasteiger partial charge on any atom is 0.355 e. The number of esters is 2. The van der Waals surface area contributed by atoms with Crippen LogP contribution in [-0.4, -0.2) is 57.3 Å². The first-order valence-corrected chi connectivity index (χ1v) is 13.1. The van der Waals surface area contributed by atoms with Crippen LogP contribution in [0.5, 0.6) is 5.75 Å². The fraction of sp³-hybridized carbons (Fsp3) is 0.345. The van der Waals surface area contributed by atoms with Crippen LogP contribution in [0.1, 0.15) is 30.7 Å². The van der Waals surface area contributed by atoms with Crippen LogP contribution in [0.15, 0.2) is 71.2 Å². The Morgan fingerprint density at radius 1 is 1.05 bits per heavy atom. The van der Waals surface area contributed by atoms with Crippen molar-refractivity contribution < 1.29 is 23.8 Å². The van der Waals surface area contributed by atoms with E-state index in [9.17, 15) is 14.9 Å². The van der Waals surface area contributed by atoms with Crippen LogP contribution in [-0.2, 0) is 19.1 Å². The van der Waals surface area contributed by atoms with Crippen LogP contribution in [0.25, 0.3) is 0 Å². The summed E-state index contributed by atoms with van der Waals surface area (Å²) in [5, 5.41) is 10.4. The molecule has 2 N–H and O–H groups in total. The number of allylic oxidation sites excluding steroid dienone is 1. The van der Waals surface area contributed by atoms with E-state index in [-0.39, 0.29) is 27.7 Å². The van der Waals surface area contributed by atoms with Gasteiger partial charge >= 0.3 is 11.9 Å². The van der Waals surface area contributed by atoms with Crippen molar-refractivity contribution in [2.45, 2.75) is 25.2 Å². The van der Waals surface area contributed by atoms with Gasteiger partial charge in [-0.05, 0) is 49.7 Å². The molecule has 2 aromatic rings. The first-order valence-electron chi connectivity index (χ1n) is 12.7. The second kappa shape index (κ2) is 12.7. The quantitative estimate of drug-likeness (QED) is 0.484. The molecule has 2 aliphatic heterocycles. The molecule has 0 aliphatic carbocycles. The number of hydrogen-bond acceptors (Lipinski definition) is 9. The predicted molar refractivity (Wildman–Crippen MR) is 147 cm³/mol. The highest BCUT2D eigenvalue weighted by molar-refractivity contribution is 6.32. The molecule has 0 bridgehead atoms. The van der Waals surface area contributed by atoms with Crippen molar-refractivity contribution in [3.05, 3.63) is 81.8 Å². The lowest BCUT2D eigenvalue weighted by Gasteiger charge is -2.36. The Labute approximate surface area is 233 Å². The molecule has 0 amide bonds. The first kappa shape index (κ1) is 28.0. The number of carbonyl (C=O) groups is 2. The van der Waals surface area contributed by atoms with E-state index in [1.165, 1.54) is 38.4 Å². The SMILES string of the molecule is COC(=O)C1=C(C(=O)OC)N(c2ccc(OCCN3CCCCC3)c(Cl)c2)C(N)=C(C#N)C1c1ccccc1. The Hall–Kier alpha value is -4.00. The van der Waals surface area contributed by atoms with Crippen LogP contribution in [0, 0.1) is 11.3 Å². The minimum atomic E-state index is -0.943. The van der Waals surface area contributed by atoms with E-state index in [1.54, 1.807) is 48.5 Å². The molecular weight excluding hydrogens is 520 g/mol. The number of likely N-dealkylation sites (tertiary alicyclic amines) is 1. The monoisotopic (exact) mass is 550 g/mol. The highest BCUT2D eigenvalue weighted by Gasteiger charge is 2.43. The fourth-order valence-corrected chi connectivity index (χ4v) is 5.22. The van der Waals surface area contributed by atoms with E-state index in [0.717, 1.165) is 19.6 Å². The third-order valence-corrected chi connectivity index (χ3v) is 7.19. The fourth-order valence-electron chi connectivity index (χ4n) is 5.00. The molecule has 4 rings (SSSR count). The van der Waals surface area contributed by atoms with Crippen molar-refractivity contribution in [1.82, 2.24) is 4.90 Å². The van der Waals surface area contributed by atoms with Crippen LogP contribution < -0.4 is 15.4 Å². The molecule has 39 heavy (non-hydrogen) atoms. The zero-order valence-electron chi connectivity index (χ0n) is 22.0. The van der Waals surface area contributed by atoms with E-state index in [2.05, 4.69) is 11.0 Å². The molecule has 0 saturated carbocycles. The molecule has 2 aliphatic rings. The van der Waals surface area contributed by atoms with Crippen molar-refractivity contribution in [2.75, 3.05) is 45.4 Å². The molecule has 9 nitrogen and oxygen atoms in total. The largest absolute Gasteiger partial charge is 0.491 e. The van der Waals surface area contributed by atoms with E-state index >= 15 is 0 Å². The molecule has 0 radical (unpaired) electrons. The van der Waals surface area contributed by atoms with Crippen molar-refractivity contribution in [3.63, 3.8) is 0 Å². The van der Waals surface area contributed by atoms with Gasteiger partial charge in [-0.25, -0.2) is 9.59 Å². The number of ether oxygens (including phenoxy) is 3. The van der Waals surface area contributed by atoms with Crippen LogP contribution in [0.3, 0.4) is 0 Å². The summed E-state index contributed by atoms with van der Waals surface area (Å²) in [5.74, 6) is -2.12.